The zero-order valence-electron chi connectivity index (χ0n) is 29.9. The van der Waals surface area contributed by atoms with Gasteiger partial charge in [-0.1, -0.05) is 89.2 Å². The van der Waals surface area contributed by atoms with E-state index < -0.39 is 5.41 Å². The second kappa shape index (κ2) is 12.1. The number of esters is 2. The van der Waals surface area contributed by atoms with Gasteiger partial charge < -0.3 is 9.47 Å². The van der Waals surface area contributed by atoms with Crippen LogP contribution in [0, 0.1) is 62.1 Å². The molecule has 0 heterocycles. The van der Waals surface area contributed by atoms with Gasteiger partial charge in [-0.25, -0.2) is 0 Å². The number of ether oxygens (including phenoxy) is 2. The fraction of sp³-hybridized carbons (Fsp3) is 0.850. The summed E-state index contributed by atoms with van der Waals surface area (Å²) in [5.41, 5.74) is 2.18. The highest BCUT2D eigenvalue weighted by Gasteiger charge is 2.71. The van der Waals surface area contributed by atoms with Crippen molar-refractivity contribution in [2.45, 2.75) is 139 Å². The van der Waals surface area contributed by atoms with Crippen molar-refractivity contribution in [3.05, 3.63) is 24.8 Å². The molecule has 3 unspecified atom stereocenters. The maximum absolute atomic E-state index is 13.3. The summed E-state index contributed by atoms with van der Waals surface area (Å²) in [4.78, 5) is 25.6. The Morgan fingerprint density at radius 3 is 2.20 bits per heavy atom. The van der Waals surface area contributed by atoms with E-state index in [1.165, 1.54) is 56.9 Å². The van der Waals surface area contributed by atoms with Gasteiger partial charge in [0.25, 0.3) is 0 Å². The van der Waals surface area contributed by atoms with Crippen molar-refractivity contribution < 1.29 is 19.1 Å². The summed E-state index contributed by atoms with van der Waals surface area (Å²) >= 11 is 4.04. The lowest BCUT2D eigenvalue weighted by atomic mass is 9.32. The Bertz CT molecular complexity index is 1190. The van der Waals surface area contributed by atoms with Crippen molar-refractivity contribution in [1.82, 2.24) is 0 Å². The van der Waals surface area contributed by atoms with Gasteiger partial charge >= 0.3 is 11.9 Å². The quantitative estimate of drug-likeness (QED) is 0.138. The van der Waals surface area contributed by atoms with Crippen molar-refractivity contribution in [3.8, 4) is 0 Å². The Morgan fingerprint density at radius 1 is 0.867 bits per heavy atom. The third kappa shape index (κ3) is 5.63. The first-order valence-electron chi connectivity index (χ1n) is 18.1. The van der Waals surface area contributed by atoms with Gasteiger partial charge in [-0.05, 0) is 128 Å². The zero-order chi connectivity index (χ0) is 33.2. The van der Waals surface area contributed by atoms with Crippen LogP contribution in [0.25, 0.3) is 0 Å². The second-order valence-corrected chi connectivity index (χ2v) is 19.1. The Morgan fingerprint density at radius 2 is 1.56 bits per heavy atom. The molecular formula is C40H63BrO4. The van der Waals surface area contributed by atoms with E-state index in [-0.39, 0.29) is 48.3 Å². The number of alkyl halides is 1. The van der Waals surface area contributed by atoms with E-state index in [2.05, 4.69) is 70.6 Å². The van der Waals surface area contributed by atoms with E-state index in [1.807, 2.05) is 13.8 Å². The number of hydrogen-bond acceptors (Lipinski definition) is 4. The molecule has 5 aliphatic carbocycles. The van der Waals surface area contributed by atoms with E-state index in [0.717, 1.165) is 30.0 Å². The first kappa shape index (κ1) is 35.2. The first-order valence-corrected chi connectivity index (χ1v) is 19.2. The second-order valence-electron chi connectivity index (χ2n) is 18.5. The number of hydrogen-bond donors (Lipinski definition) is 0. The van der Waals surface area contributed by atoms with Gasteiger partial charge in [0, 0.05) is 10.7 Å². The number of carbonyl (C=O) groups is 2. The highest BCUT2D eigenvalue weighted by atomic mass is 79.9. The molecule has 5 fully saturated rings. The fourth-order valence-corrected chi connectivity index (χ4v) is 13.9. The lowest BCUT2D eigenvalue weighted by molar-refractivity contribution is -0.249. The molecule has 0 spiro atoms. The Hall–Kier alpha value is -1.10. The van der Waals surface area contributed by atoms with Crippen LogP contribution in [0.3, 0.4) is 0 Å². The zero-order valence-corrected chi connectivity index (χ0v) is 31.5. The molecule has 0 saturated heterocycles. The monoisotopic (exact) mass is 686 g/mol. The molecular weight excluding hydrogens is 624 g/mol. The Kier molecular flexibility index (Phi) is 9.47. The smallest absolute Gasteiger partial charge is 0.306 e. The molecule has 0 aromatic heterocycles. The average molecular weight is 688 g/mol. The van der Waals surface area contributed by atoms with E-state index >= 15 is 0 Å². The molecule has 45 heavy (non-hydrogen) atoms. The molecule has 5 rings (SSSR count). The highest BCUT2D eigenvalue weighted by molar-refractivity contribution is 9.09. The van der Waals surface area contributed by atoms with Crippen LogP contribution in [-0.2, 0) is 19.1 Å². The number of halogens is 1. The minimum Gasteiger partial charge on any atom is -0.462 e. The van der Waals surface area contributed by atoms with Crippen molar-refractivity contribution in [1.29, 1.82) is 0 Å². The van der Waals surface area contributed by atoms with E-state index in [1.54, 1.807) is 6.08 Å². The summed E-state index contributed by atoms with van der Waals surface area (Å²) in [6, 6.07) is 0. The normalized spacial score (nSPS) is 43.6. The predicted molar refractivity (Wildman–Crippen MR) is 187 cm³/mol. The van der Waals surface area contributed by atoms with E-state index in [9.17, 15) is 9.59 Å². The van der Waals surface area contributed by atoms with Gasteiger partial charge in [0.15, 0.2) is 0 Å². The van der Waals surface area contributed by atoms with Crippen LogP contribution >= 0.6 is 15.9 Å². The molecule has 0 aromatic carbocycles. The van der Waals surface area contributed by atoms with Crippen LogP contribution in [0.2, 0.25) is 0 Å². The van der Waals surface area contributed by atoms with Crippen molar-refractivity contribution in [3.63, 3.8) is 0 Å². The molecule has 5 heteroatoms. The van der Waals surface area contributed by atoms with Crippen LogP contribution in [0.4, 0.5) is 0 Å². The molecule has 4 nitrogen and oxygen atoms in total. The van der Waals surface area contributed by atoms with Gasteiger partial charge in [0.05, 0.1) is 12.8 Å². The minimum absolute atomic E-state index is 0.0908. The van der Waals surface area contributed by atoms with Gasteiger partial charge in [-0.15, -0.1) is 0 Å². The fourth-order valence-electron chi connectivity index (χ4n) is 13.0. The standard InChI is InChI=1S/C40H63BrO4/c1-11-22-44-32(42)23-35(4,5)24-33(43)45-31-16-17-37(8)29(36(31,6)7)15-18-39(10)30(37)13-12-28-34-27(26(2)3)14-19-40(34,25-41)21-20-38(28,39)9/h11,27-31,34H,1-2,12-25H2,3-10H3/t27-,28+,29?,30?,31-,34?,37-,38+,39+,40+/m0/s1. The molecule has 10 atom stereocenters. The largest absolute Gasteiger partial charge is 0.462 e. The number of fused-ring (bicyclic) bond motifs is 7. The summed E-state index contributed by atoms with van der Waals surface area (Å²) in [5.74, 6) is 2.94. The van der Waals surface area contributed by atoms with Crippen molar-refractivity contribution >= 4 is 27.9 Å². The number of carbonyl (C=O) groups excluding carboxylic acids is 2. The Labute approximate surface area is 283 Å². The van der Waals surface area contributed by atoms with Crippen LogP contribution < -0.4 is 0 Å². The third-order valence-corrected chi connectivity index (χ3v) is 16.4. The minimum atomic E-state index is -0.516. The first-order chi connectivity index (χ1) is 20.9. The lowest BCUT2D eigenvalue weighted by Gasteiger charge is -2.73. The van der Waals surface area contributed by atoms with Gasteiger partial charge in [0.2, 0.25) is 0 Å². The SMILES string of the molecule is C=CCOC(=O)CC(C)(C)CC(=O)O[C@H]1CC[C@@]2(C)C(CC[C@]3(C)C2CC[C@@H]2C4[C@H](C(=C)C)CC[C@]4(CBr)CC[C@]23C)C1(C)C. The van der Waals surface area contributed by atoms with Gasteiger partial charge in [0.1, 0.15) is 12.7 Å². The average Bonchev–Trinajstić information content (AvgIpc) is 3.34. The molecule has 0 bridgehead atoms. The number of rotatable bonds is 9. The summed E-state index contributed by atoms with van der Waals surface area (Å²) in [7, 11) is 0. The van der Waals surface area contributed by atoms with E-state index in [4.69, 9.17) is 9.47 Å². The van der Waals surface area contributed by atoms with E-state index in [0.29, 0.717) is 34.0 Å². The van der Waals surface area contributed by atoms with Crippen molar-refractivity contribution in [2.75, 3.05) is 11.9 Å². The lowest BCUT2D eigenvalue weighted by Crippen LogP contribution is -2.67. The molecule has 0 aliphatic heterocycles. The molecule has 0 N–H and O–H groups in total. The topological polar surface area (TPSA) is 52.6 Å². The van der Waals surface area contributed by atoms with Gasteiger partial charge in [-0.3, -0.25) is 9.59 Å². The van der Waals surface area contributed by atoms with Crippen LogP contribution in [-0.4, -0.2) is 30.0 Å². The number of allylic oxidation sites excluding steroid dienone is 1. The third-order valence-electron chi connectivity index (χ3n) is 15.3. The van der Waals surface area contributed by atoms with Gasteiger partial charge in [-0.2, -0.15) is 0 Å². The maximum atomic E-state index is 13.3. The van der Waals surface area contributed by atoms with Crippen LogP contribution in [0.15, 0.2) is 24.8 Å². The summed E-state index contributed by atoms with van der Waals surface area (Å²) in [6.07, 6.45) is 14.5. The maximum Gasteiger partial charge on any atom is 0.306 e. The molecule has 0 aromatic rings. The Balaban J connectivity index is 1.33. The van der Waals surface area contributed by atoms with Crippen molar-refractivity contribution in [2.24, 2.45) is 62.1 Å². The molecule has 0 radical (unpaired) electrons. The molecule has 254 valence electrons. The molecule has 5 aliphatic rings. The van der Waals surface area contributed by atoms with Crippen LogP contribution in [0.1, 0.15) is 132 Å². The van der Waals surface area contributed by atoms with Crippen LogP contribution in [0.5, 0.6) is 0 Å². The summed E-state index contributed by atoms with van der Waals surface area (Å²) in [5, 5.41) is 1.14. The molecule has 0 amide bonds. The summed E-state index contributed by atoms with van der Waals surface area (Å²) in [6.45, 7) is 27.3. The molecule has 5 saturated carbocycles. The highest BCUT2D eigenvalue weighted by Crippen LogP contribution is 2.77. The predicted octanol–water partition coefficient (Wildman–Crippen LogP) is 10.5. The summed E-state index contributed by atoms with van der Waals surface area (Å²) < 4.78 is 11.5.